The van der Waals surface area contributed by atoms with Crippen molar-refractivity contribution in [3.05, 3.63) is 11.6 Å². The fourth-order valence-corrected chi connectivity index (χ4v) is 0.849. The van der Waals surface area contributed by atoms with Gasteiger partial charge in [0.05, 0.1) is 0 Å². The molecular weight excluding hydrogens is 185 g/mol. The summed E-state index contributed by atoms with van der Waals surface area (Å²) in [6.45, 7) is 3.38. The lowest BCUT2D eigenvalue weighted by molar-refractivity contribution is -0.144. The van der Waals surface area contributed by atoms with E-state index in [9.17, 15) is 13.2 Å². The minimum absolute atomic E-state index is 0.118. The van der Waals surface area contributed by atoms with Crippen molar-refractivity contribution in [3.8, 4) is 0 Å². The second-order valence-corrected chi connectivity index (χ2v) is 2.89. The molecule has 0 aliphatic rings. The standard InChI is InChI=1S/C6H9F3N4/c1-3(2)4-11-5(6(7,8)9)12-13(4)10/h3H,10H2,1-2H3. The predicted molar refractivity (Wildman–Crippen MR) is 39.3 cm³/mol. The first-order valence-electron chi connectivity index (χ1n) is 3.61. The van der Waals surface area contributed by atoms with Crippen LogP contribution in [0.1, 0.15) is 31.4 Å². The molecule has 4 nitrogen and oxygen atoms in total. The van der Waals surface area contributed by atoms with E-state index in [0.717, 1.165) is 0 Å². The van der Waals surface area contributed by atoms with Crippen molar-refractivity contribution in [3.63, 3.8) is 0 Å². The minimum atomic E-state index is -4.53. The molecule has 0 unspecified atom stereocenters. The van der Waals surface area contributed by atoms with E-state index in [1.807, 2.05) is 0 Å². The van der Waals surface area contributed by atoms with E-state index in [0.29, 0.717) is 4.79 Å². The Morgan fingerprint density at radius 3 is 2.15 bits per heavy atom. The summed E-state index contributed by atoms with van der Waals surface area (Å²) in [5.41, 5.74) is 0. The molecule has 1 rings (SSSR count). The molecule has 1 heterocycles. The van der Waals surface area contributed by atoms with E-state index in [1.165, 1.54) is 0 Å². The van der Waals surface area contributed by atoms with Gasteiger partial charge in [-0.1, -0.05) is 13.8 Å². The average molecular weight is 194 g/mol. The van der Waals surface area contributed by atoms with Crippen molar-refractivity contribution in [2.45, 2.75) is 25.9 Å². The van der Waals surface area contributed by atoms with Crippen LogP contribution in [-0.2, 0) is 6.18 Å². The fraction of sp³-hybridized carbons (Fsp3) is 0.667. The third kappa shape index (κ3) is 1.90. The highest BCUT2D eigenvalue weighted by molar-refractivity contribution is 5.00. The smallest absolute Gasteiger partial charge is 0.321 e. The van der Waals surface area contributed by atoms with Crippen LogP contribution in [0.15, 0.2) is 0 Å². The van der Waals surface area contributed by atoms with Gasteiger partial charge in [-0.15, -0.1) is 5.10 Å². The Labute approximate surface area is 72.5 Å². The van der Waals surface area contributed by atoms with Crippen molar-refractivity contribution < 1.29 is 13.2 Å². The van der Waals surface area contributed by atoms with Crippen LogP contribution in [0.5, 0.6) is 0 Å². The lowest BCUT2D eigenvalue weighted by atomic mass is 10.2. The number of nitrogen functional groups attached to an aromatic ring is 1. The summed E-state index contributed by atoms with van der Waals surface area (Å²) in [7, 11) is 0. The number of hydrogen-bond acceptors (Lipinski definition) is 3. The maximum Gasteiger partial charge on any atom is 0.453 e. The fourth-order valence-electron chi connectivity index (χ4n) is 0.849. The summed E-state index contributed by atoms with van der Waals surface area (Å²) in [5, 5.41) is 3.06. The second-order valence-electron chi connectivity index (χ2n) is 2.89. The van der Waals surface area contributed by atoms with Crippen LogP contribution < -0.4 is 5.84 Å². The third-order valence-electron chi connectivity index (χ3n) is 1.43. The molecule has 0 aliphatic heterocycles. The van der Waals surface area contributed by atoms with E-state index >= 15 is 0 Å². The Morgan fingerprint density at radius 2 is 1.92 bits per heavy atom. The molecule has 0 aliphatic carbocycles. The third-order valence-corrected chi connectivity index (χ3v) is 1.43. The summed E-state index contributed by atoms with van der Waals surface area (Å²) in [5.74, 6) is 3.92. The molecule has 2 N–H and O–H groups in total. The van der Waals surface area contributed by atoms with Gasteiger partial charge >= 0.3 is 6.18 Å². The first-order valence-corrected chi connectivity index (χ1v) is 3.61. The number of halogens is 3. The maximum atomic E-state index is 12.1. The van der Waals surface area contributed by atoms with Gasteiger partial charge in [-0.3, -0.25) is 0 Å². The van der Waals surface area contributed by atoms with Gasteiger partial charge < -0.3 is 5.84 Å². The van der Waals surface area contributed by atoms with Gasteiger partial charge in [-0.2, -0.15) is 18.0 Å². The Hall–Kier alpha value is -1.27. The van der Waals surface area contributed by atoms with Gasteiger partial charge in [-0.25, -0.2) is 4.98 Å². The van der Waals surface area contributed by atoms with E-state index in [-0.39, 0.29) is 11.7 Å². The number of rotatable bonds is 1. The molecule has 0 radical (unpaired) electrons. The lowest BCUT2D eigenvalue weighted by Crippen LogP contribution is -2.16. The molecular formula is C6H9F3N4. The molecule has 0 bridgehead atoms. The molecule has 7 heteroatoms. The highest BCUT2D eigenvalue weighted by Gasteiger charge is 2.37. The molecule has 0 aromatic carbocycles. The molecule has 13 heavy (non-hydrogen) atoms. The lowest BCUT2D eigenvalue weighted by Gasteiger charge is -2.00. The van der Waals surface area contributed by atoms with Crippen LogP contribution in [0.4, 0.5) is 13.2 Å². The summed E-state index contributed by atoms with van der Waals surface area (Å²) in [4.78, 5) is 3.94. The second kappa shape index (κ2) is 2.90. The Bertz CT molecular complexity index is 301. The monoisotopic (exact) mass is 194 g/mol. The largest absolute Gasteiger partial charge is 0.453 e. The van der Waals surface area contributed by atoms with Crippen LogP contribution in [0.2, 0.25) is 0 Å². The number of aromatic nitrogens is 3. The predicted octanol–water partition coefficient (Wildman–Crippen LogP) is 1.13. The molecule has 1 aromatic rings. The van der Waals surface area contributed by atoms with Crippen LogP contribution in [-0.4, -0.2) is 14.9 Å². The number of alkyl halides is 3. The normalized spacial score (nSPS) is 12.5. The van der Waals surface area contributed by atoms with Crippen molar-refractivity contribution >= 4 is 0 Å². The Kier molecular flexibility index (Phi) is 2.19. The molecule has 0 atom stereocenters. The van der Waals surface area contributed by atoms with Crippen LogP contribution in [0.25, 0.3) is 0 Å². The molecule has 0 saturated carbocycles. The van der Waals surface area contributed by atoms with E-state index in [1.54, 1.807) is 13.8 Å². The van der Waals surface area contributed by atoms with E-state index in [2.05, 4.69) is 10.1 Å². The van der Waals surface area contributed by atoms with E-state index in [4.69, 9.17) is 5.84 Å². The van der Waals surface area contributed by atoms with Gasteiger partial charge in [-0.05, 0) is 0 Å². The zero-order valence-electron chi connectivity index (χ0n) is 7.13. The average Bonchev–Trinajstić information content (AvgIpc) is 2.29. The minimum Gasteiger partial charge on any atom is -0.321 e. The highest BCUT2D eigenvalue weighted by Crippen LogP contribution is 2.26. The highest BCUT2D eigenvalue weighted by atomic mass is 19.4. The maximum absolute atomic E-state index is 12.1. The Morgan fingerprint density at radius 1 is 1.38 bits per heavy atom. The first-order chi connectivity index (χ1) is 5.82. The molecule has 0 amide bonds. The van der Waals surface area contributed by atoms with Crippen molar-refractivity contribution in [2.24, 2.45) is 0 Å². The zero-order chi connectivity index (χ0) is 10.2. The molecule has 1 aromatic heterocycles. The van der Waals surface area contributed by atoms with Gasteiger partial charge in [0, 0.05) is 5.92 Å². The SMILES string of the molecule is CC(C)c1nc(C(F)(F)F)nn1N. The molecule has 0 saturated heterocycles. The van der Waals surface area contributed by atoms with Crippen molar-refractivity contribution in [1.82, 2.24) is 14.9 Å². The molecule has 74 valence electrons. The summed E-state index contributed by atoms with van der Waals surface area (Å²) in [6.07, 6.45) is -4.53. The Balaban J connectivity index is 3.10. The zero-order valence-corrected chi connectivity index (χ0v) is 7.13. The van der Waals surface area contributed by atoms with Crippen molar-refractivity contribution in [2.75, 3.05) is 5.84 Å². The van der Waals surface area contributed by atoms with Gasteiger partial charge in [0.2, 0.25) is 0 Å². The quantitative estimate of drug-likeness (QED) is 0.682. The van der Waals surface area contributed by atoms with E-state index < -0.39 is 12.0 Å². The summed E-state index contributed by atoms with van der Waals surface area (Å²) < 4.78 is 36.2. The van der Waals surface area contributed by atoms with Crippen molar-refractivity contribution in [1.29, 1.82) is 0 Å². The van der Waals surface area contributed by atoms with Gasteiger partial charge in [0.15, 0.2) is 5.82 Å². The van der Waals surface area contributed by atoms with Gasteiger partial charge in [0.25, 0.3) is 5.82 Å². The topological polar surface area (TPSA) is 56.7 Å². The number of hydrogen-bond donors (Lipinski definition) is 1. The molecule has 0 spiro atoms. The van der Waals surface area contributed by atoms with Crippen LogP contribution in [0.3, 0.4) is 0 Å². The first kappa shape index (κ1) is 9.82. The van der Waals surface area contributed by atoms with Crippen LogP contribution >= 0.6 is 0 Å². The number of nitrogens with zero attached hydrogens (tertiary/aromatic N) is 3. The molecule has 0 fully saturated rings. The van der Waals surface area contributed by atoms with Gasteiger partial charge in [0.1, 0.15) is 0 Å². The van der Waals surface area contributed by atoms with Crippen LogP contribution in [0, 0.1) is 0 Å². The summed E-state index contributed by atoms with van der Waals surface area (Å²) in [6, 6.07) is 0. The number of nitrogens with two attached hydrogens (primary N) is 1. The summed E-state index contributed by atoms with van der Waals surface area (Å²) >= 11 is 0.